The summed E-state index contributed by atoms with van der Waals surface area (Å²) in [7, 11) is 0. The second kappa shape index (κ2) is 13.2. The first-order chi connectivity index (χ1) is 22.9. The number of carbonyl (C=O) groups is 2. The molecule has 48 heavy (non-hydrogen) atoms. The highest BCUT2D eigenvalue weighted by Gasteiger charge is 2.64. The second-order valence-corrected chi connectivity index (χ2v) is 15.1. The van der Waals surface area contributed by atoms with E-state index in [2.05, 4.69) is 37.8 Å². The Morgan fingerprint density at radius 3 is 2.17 bits per heavy atom. The molecule has 0 spiro atoms. The molecular formula is C42H48O6. The van der Waals surface area contributed by atoms with Gasteiger partial charge in [-0.15, -0.1) is 0 Å². The van der Waals surface area contributed by atoms with E-state index in [1.807, 2.05) is 70.2 Å². The molecule has 0 saturated heterocycles. The first-order valence-corrected chi connectivity index (χ1v) is 17.4. The molecule has 5 unspecified atom stereocenters. The van der Waals surface area contributed by atoms with Crippen LogP contribution in [0.4, 0.5) is 0 Å². The molecule has 3 aromatic rings. The summed E-state index contributed by atoms with van der Waals surface area (Å²) < 4.78 is 12.4. The maximum atomic E-state index is 13.7. The summed E-state index contributed by atoms with van der Waals surface area (Å²) in [4.78, 5) is 38.1. The minimum Gasteiger partial charge on any atom is -0.442 e. The largest absolute Gasteiger partial charge is 0.442 e. The van der Waals surface area contributed by atoms with E-state index in [-0.39, 0.29) is 17.4 Å². The second-order valence-electron chi connectivity index (χ2n) is 15.1. The molecule has 5 atom stereocenters. The Morgan fingerprint density at radius 2 is 1.50 bits per heavy atom. The van der Waals surface area contributed by atoms with Crippen LogP contribution in [0.25, 0.3) is 0 Å². The van der Waals surface area contributed by atoms with Gasteiger partial charge < -0.3 is 9.47 Å². The van der Waals surface area contributed by atoms with Gasteiger partial charge in [-0.05, 0) is 138 Å². The van der Waals surface area contributed by atoms with Gasteiger partial charge >= 0.3 is 11.9 Å². The van der Waals surface area contributed by atoms with E-state index in [1.165, 1.54) is 11.1 Å². The Kier molecular flexibility index (Phi) is 9.32. The van der Waals surface area contributed by atoms with Crippen LogP contribution in [0.1, 0.15) is 118 Å². The number of aryl methyl sites for hydroxylation is 1. The molecule has 3 aliphatic rings. The quantitative estimate of drug-likeness (QED) is 0.0797. The normalized spacial score (nSPS) is 26.2. The highest BCUT2D eigenvalue weighted by molar-refractivity contribution is 5.91. The zero-order chi connectivity index (χ0) is 34.2. The average Bonchev–Trinajstić information content (AvgIpc) is 3.39. The Bertz CT molecular complexity index is 1700. The number of hydrogen-bond donors (Lipinski definition) is 0. The summed E-state index contributed by atoms with van der Waals surface area (Å²) >= 11 is 0. The Labute approximate surface area is 285 Å². The molecule has 0 amide bonds. The van der Waals surface area contributed by atoms with Crippen LogP contribution in [0.2, 0.25) is 0 Å². The molecule has 6 nitrogen and oxygen atoms in total. The van der Waals surface area contributed by atoms with E-state index in [1.54, 1.807) is 24.3 Å². The van der Waals surface area contributed by atoms with Crippen molar-refractivity contribution in [3.8, 4) is 17.6 Å². The number of benzene rings is 3. The van der Waals surface area contributed by atoms with Crippen LogP contribution in [0.3, 0.4) is 0 Å². The number of rotatable bonds is 8. The van der Waals surface area contributed by atoms with Gasteiger partial charge in [0.15, 0.2) is 11.2 Å². The lowest BCUT2D eigenvalue weighted by atomic mass is 9.53. The molecule has 0 radical (unpaired) electrons. The van der Waals surface area contributed by atoms with Crippen molar-refractivity contribution >= 4 is 11.9 Å². The summed E-state index contributed by atoms with van der Waals surface area (Å²) in [6.07, 6.45) is 6.17. The van der Waals surface area contributed by atoms with Crippen LogP contribution >= 0.6 is 0 Å². The molecule has 2 saturated carbocycles. The van der Waals surface area contributed by atoms with Crippen molar-refractivity contribution in [2.45, 2.75) is 109 Å². The van der Waals surface area contributed by atoms with Gasteiger partial charge in [0.2, 0.25) is 0 Å². The van der Waals surface area contributed by atoms with E-state index in [4.69, 9.17) is 19.2 Å². The molecule has 0 heterocycles. The number of fused-ring (bicyclic) bond motifs is 5. The third-order valence-corrected chi connectivity index (χ3v) is 11.2. The van der Waals surface area contributed by atoms with Gasteiger partial charge in [0.1, 0.15) is 5.75 Å². The van der Waals surface area contributed by atoms with E-state index >= 15 is 0 Å². The Balaban J connectivity index is 1.27. The number of esters is 2. The molecule has 0 N–H and O–H groups in total. The lowest BCUT2D eigenvalue weighted by molar-refractivity contribution is -0.388. The van der Waals surface area contributed by atoms with Crippen LogP contribution in [0.5, 0.6) is 5.75 Å². The van der Waals surface area contributed by atoms with Gasteiger partial charge in [0.25, 0.3) is 0 Å². The fraction of sp³-hybridized carbons (Fsp3) is 0.476. The summed E-state index contributed by atoms with van der Waals surface area (Å²) in [5.74, 6) is 7.95. The monoisotopic (exact) mass is 648 g/mol. The van der Waals surface area contributed by atoms with Crippen LogP contribution in [0, 0.1) is 29.1 Å². The number of ether oxygens (including phenoxy) is 2. The van der Waals surface area contributed by atoms with Crippen LogP contribution in [-0.2, 0) is 20.9 Å². The molecule has 6 rings (SSSR count). The zero-order valence-electron chi connectivity index (χ0n) is 29.1. The SMILES string of the molecule is CCC(C)(C)OOC(C)(C)C#CC1(OC(=O)c2ccccc2)CCC2C3CCc4cc(OC(=O)c5ccccc5)ccc4C3CCC21C. The van der Waals surface area contributed by atoms with Crippen molar-refractivity contribution < 1.29 is 28.8 Å². The average molecular weight is 649 g/mol. The van der Waals surface area contributed by atoms with E-state index in [0.29, 0.717) is 41.1 Å². The summed E-state index contributed by atoms with van der Waals surface area (Å²) in [5, 5.41) is 0. The van der Waals surface area contributed by atoms with Gasteiger partial charge in [0.05, 0.1) is 16.7 Å². The summed E-state index contributed by atoms with van der Waals surface area (Å²) in [6.45, 7) is 12.1. The predicted octanol–water partition coefficient (Wildman–Crippen LogP) is 9.28. The minimum atomic E-state index is -0.966. The first-order valence-electron chi connectivity index (χ1n) is 17.4. The van der Waals surface area contributed by atoms with Crippen molar-refractivity contribution in [3.63, 3.8) is 0 Å². The van der Waals surface area contributed by atoms with Crippen LogP contribution in [0.15, 0.2) is 78.9 Å². The van der Waals surface area contributed by atoms with Gasteiger partial charge in [0, 0.05) is 5.41 Å². The fourth-order valence-corrected chi connectivity index (χ4v) is 8.10. The van der Waals surface area contributed by atoms with Gasteiger partial charge in [-0.2, -0.15) is 0 Å². The number of carbonyl (C=O) groups excluding carboxylic acids is 2. The van der Waals surface area contributed by atoms with Crippen molar-refractivity contribution in [1.82, 2.24) is 0 Å². The van der Waals surface area contributed by atoms with Crippen LogP contribution in [-0.4, -0.2) is 28.7 Å². The maximum absolute atomic E-state index is 13.7. The van der Waals surface area contributed by atoms with E-state index in [0.717, 1.165) is 38.5 Å². The third kappa shape index (κ3) is 6.68. The van der Waals surface area contributed by atoms with Crippen molar-refractivity contribution in [2.24, 2.45) is 17.3 Å². The molecule has 3 aliphatic carbocycles. The van der Waals surface area contributed by atoms with Gasteiger partial charge in [-0.3, -0.25) is 0 Å². The molecule has 2 fully saturated rings. The molecule has 0 aromatic heterocycles. The summed E-state index contributed by atoms with van der Waals surface area (Å²) in [5.41, 5.74) is 1.01. The molecule has 6 heteroatoms. The minimum absolute atomic E-state index is 0.331. The Morgan fingerprint density at radius 1 is 0.833 bits per heavy atom. The Hall–Kier alpha value is -3.92. The maximum Gasteiger partial charge on any atom is 0.343 e. The molecule has 0 bridgehead atoms. The fourth-order valence-electron chi connectivity index (χ4n) is 8.10. The zero-order valence-corrected chi connectivity index (χ0v) is 29.1. The van der Waals surface area contributed by atoms with Crippen molar-refractivity contribution in [3.05, 3.63) is 101 Å². The van der Waals surface area contributed by atoms with Crippen LogP contribution < -0.4 is 4.74 Å². The molecular weight excluding hydrogens is 600 g/mol. The van der Waals surface area contributed by atoms with E-state index < -0.39 is 16.8 Å². The lowest BCUT2D eigenvalue weighted by Crippen LogP contribution is -2.52. The molecule has 252 valence electrons. The number of hydrogen-bond acceptors (Lipinski definition) is 6. The highest BCUT2D eigenvalue weighted by Crippen LogP contribution is 2.65. The third-order valence-electron chi connectivity index (χ3n) is 11.2. The van der Waals surface area contributed by atoms with Gasteiger partial charge in [-0.25, -0.2) is 19.4 Å². The summed E-state index contributed by atoms with van der Waals surface area (Å²) in [6, 6.07) is 24.5. The standard InChI is InChI=1S/C42H48O6/c1-7-39(2,3)47-48-40(4,5)26-27-42(46-38(44)30-16-12-9-13-17-30)25-23-36-35-20-18-31-28-32(45-37(43)29-14-10-8-11-15-29)19-21-33(31)34(35)22-24-41(36,42)6/h8-17,19,21,28,34-36H,7,18,20,22-25H2,1-6H3. The predicted molar refractivity (Wildman–Crippen MR) is 185 cm³/mol. The van der Waals surface area contributed by atoms with E-state index in [9.17, 15) is 9.59 Å². The first kappa shape index (κ1) is 34.0. The van der Waals surface area contributed by atoms with Crippen molar-refractivity contribution in [2.75, 3.05) is 0 Å². The van der Waals surface area contributed by atoms with Crippen molar-refractivity contribution in [1.29, 1.82) is 0 Å². The van der Waals surface area contributed by atoms with Gasteiger partial charge in [-0.1, -0.05) is 68.2 Å². The lowest BCUT2D eigenvalue weighted by Gasteiger charge is -2.52. The highest BCUT2D eigenvalue weighted by atomic mass is 17.2. The topological polar surface area (TPSA) is 71.1 Å². The smallest absolute Gasteiger partial charge is 0.343 e. The molecule has 0 aliphatic heterocycles. The molecule has 3 aromatic carbocycles.